The summed E-state index contributed by atoms with van der Waals surface area (Å²) in [6, 6.07) is 4.50. The van der Waals surface area contributed by atoms with E-state index in [-0.39, 0.29) is 12.2 Å². The SMILES string of the molecule is N[C@@H](Cc1ccc(O)cc1)C(=O)OC(C(=O)O)C(O)C(=O)O. The first kappa shape index (κ1) is 17.4. The van der Waals surface area contributed by atoms with Gasteiger partial charge in [0.25, 0.3) is 0 Å². The van der Waals surface area contributed by atoms with Gasteiger partial charge in [0.15, 0.2) is 6.10 Å². The Morgan fingerprint density at radius 3 is 2.09 bits per heavy atom. The molecule has 0 saturated heterocycles. The fraction of sp³-hybridized carbons (Fsp3) is 0.308. The molecule has 0 amide bonds. The Labute approximate surface area is 124 Å². The third-order valence-electron chi connectivity index (χ3n) is 2.72. The molecule has 0 aliphatic carbocycles. The highest BCUT2D eigenvalue weighted by molar-refractivity contribution is 5.86. The molecular weight excluding hydrogens is 298 g/mol. The fourth-order valence-electron chi connectivity index (χ4n) is 1.56. The number of phenolic OH excluding ortho intramolecular Hbond substituents is 1. The summed E-state index contributed by atoms with van der Waals surface area (Å²) >= 11 is 0. The number of benzene rings is 1. The van der Waals surface area contributed by atoms with Gasteiger partial charge in [0, 0.05) is 0 Å². The van der Waals surface area contributed by atoms with Gasteiger partial charge in [0.1, 0.15) is 11.8 Å². The predicted octanol–water partition coefficient (Wildman–Crippen LogP) is -1.30. The number of ether oxygens (including phenoxy) is 1. The zero-order valence-corrected chi connectivity index (χ0v) is 11.2. The summed E-state index contributed by atoms with van der Waals surface area (Å²) in [6.07, 6.45) is -4.67. The third-order valence-corrected chi connectivity index (χ3v) is 2.72. The topological polar surface area (TPSA) is 167 Å². The summed E-state index contributed by atoms with van der Waals surface area (Å²) in [5, 5.41) is 35.6. The summed E-state index contributed by atoms with van der Waals surface area (Å²) in [6.45, 7) is 0. The largest absolute Gasteiger partial charge is 0.508 e. The zero-order valence-electron chi connectivity index (χ0n) is 11.2. The number of hydrogen-bond donors (Lipinski definition) is 5. The highest BCUT2D eigenvalue weighted by Gasteiger charge is 2.36. The Bertz CT molecular complexity index is 556. The van der Waals surface area contributed by atoms with Crippen LogP contribution in [0.25, 0.3) is 0 Å². The number of aliphatic carboxylic acids is 2. The summed E-state index contributed by atoms with van der Waals surface area (Å²) in [4.78, 5) is 33.1. The van der Waals surface area contributed by atoms with Crippen molar-refractivity contribution >= 4 is 17.9 Å². The first-order chi connectivity index (χ1) is 10.2. The first-order valence-corrected chi connectivity index (χ1v) is 6.10. The normalized spacial score (nSPS) is 14.6. The molecule has 1 aromatic rings. The van der Waals surface area contributed by atoms with Gasteiger partial charge < -0.3 is 30.9 Å². The zero-order chi connectivity index (χ0) is 16.9. The van der Waals surface area contributed by atoms with E-state index in [4.69, 9.17) is 21.1 Å². The number of aromatic hydroxyl groups is 1. The molecule has 0 aromatic heterocycles. The molecule has 0 aliphatic rings. The molecule has 0 heterocycles. The van der Waals surface area contributed by atoms with Crippen LogP contribution in [-0.2, 0) is 25.5 Å². The van der Waals surface area contributed by atoms with Gasteiger partial charge >= 0.3 is 17.9 Å². The van der Waals surface area contributed by atoms with Crippen LogP contribution in [0.5, 0.6) is 5.75 Å². The van der Waals surface area contributed by atoms with E-state index in [1.807, 2.05) is 0 Å². The minimum Gasteiger partial charge on any atom is -0.508 e. The maximum absolute atomic E-state index is 11.7. The summed E-state index contributed by atoms with van der Waals surface area (Å²) < 4.78 is 4.45. The Morgan fingerprint density at radius 1 is 1.09 bits per heavy atom. The molecular formula is C13H15NO8. The van der Waals surface area contributed by atoms with E-state index in [1.54, 1.807) is 0 Å². The molecule has 6 N–H and O–H groups in total. The Kier molecular flexibility index (Phi) is 5.84. The average molecular weight is 313 g/mol. The van der Waals surface area contributed by atoms with Crippen molar-refractivity contribution < 1.29 is 39.5 Å². The van der Waals surface area contributed by atoms with Gasteiger partial charge in [-0.15, -0.1) is 0 Å². The van der Waals surface area contributed by atoms with Crippen LogP contribution in [0.3, 0.4) is 0 Å². The van der Waals surface area contributed by atoms with Gasteiger partial charge in [0.05, 0.1) is 0 Å². The average Bonchev–Trinajstić information content (AvgIpc) is 2.45. The van der Waals surface area contributed by atoms with Gasteiger partial charge in [-0.25, -0.2) is 9.59 Å². The maximum Gasteiger partial charge on any atom is 0.348 e. The predicted molar refractivity (Wildman–Crippen MR) is 70.9 cm³/mol. The second kappa shape index (κ2) is 7.38. The van der Waals surface area contributed by atoms with Crippen LogP contribution in [0, 0.1) is 0 Å². The molecule has 0 saturated carbocycles. The van der Waals surface area contributed by atoms with Gasteiger partial charge in [-0.1, -0.05) is 12.1 Å². The van der Waals surface area contributed by atoms with E-state index in [0.717, 1.165) is 0 Å². The molecule has 1 rings (SSSR count). The molecule has 0 fully saturated rings. The molecule has 0 bridgehead atoms. The van der Waals surface area contributed by atoms with Gasteiger partial charge in [-0.05, 0) is 24.1 Å². The van der Waals surface area contributed by atoms with Crippen LogP contribution in [-0.4, -0.2) is 56.6 Å². The molecule has 2 unspecified atom stereocenters. The number of carboxylic acid groups (broad SMARTS) is 2. The minimum absolute atomic E-state index is 0.0192. The number of hydrogen-bond acceptors (Lipinski definition) is 7. The summed E-state index contributed by atoms with van der Waals surface area (Å²) in [5.41, 5.74) is 6.13. The molecule has 1 aromatic carbocycles. The van der Waals surface area contributed by atoms with Crippen molar-refractivity contribution in [1.82, 2.24) is 0 Å². The fourth-order valence-corrected chi connectivity index (χ4v) is 1.56. The second-order valence-electron chi connectivity index (χ2n) is 4.46. The molecule has 0 spiro atoms. The highest BCUT2D eigenvalue weighted by atomic mass is 16.6. The van der Waals surface area contributed by atoms with Gasteiger partial charge in [-0.3, -0.25) is 4.79 Å². The highest BCUT2D eigenvalue weighted by Crippen LogP contribution is 2.12. The Morgan fingerprint density at radius 2 is 1.64 bits per heavy atom. The van der Waals surface area contributed by atoms with Crippen molar-refractivity contribution in [2.24, 2.45) is 5.73 Å². The van der Waals surface area contributed by atoms with Crippen molar-refractivity contribution in [2.45, 2.75) is 24.7 Å². The lowest BCUT2D eigenvalue weighted by Crippen LogP contribution is -2.46. The molecule has 3 atom stereocenters. The standard InChI is InChI=1S/C13H15NO8/c14-8(5-6-1-3-7(15)4-2-6)13(21)22-10(12(19)20)9(16)11(17)18/h1-4,8-10,15-16H,5,14H2,(H,17,18)(H,19,20)/t8-,9?,10?/m0/s1. The van der Waals surface area contributed by atoms with Crippen molar-refractivity contribution in [3.8, 4) is 5.75 Å². The molecule has 120 valence electrons. The van der Waals surface area contributed by atoms with Crippen molar-refractivity contribution in [1.29, 1.82) is 0 Å². The van der Waals surface area contributed by atoms with Crippen LogP contribution in [0.1, 0.15) is 5.56 Å². The second-order valence-corrected chi connectivity index (χ2v) is 4.46. The quantitative estimate of drug-likeness (QED) is 0.384. The first-order valence-electron chi connectivity index (χ1n) is 6.10. The van der Waals surface area contributed by atoms with Crippen LogP contribution < -0.4 is 5.73 Å². The van der Waals surface area contributed by atoms with Crippen LogP contribution in [0.2, 0.25) is 0 Å². The van der Waals surface area contributed by atoms with E-state index in [1.165, 1.54) is 24.3 Å². The number of carbonyl (C=O) groups excluding carboxylic acids is 1. The number of aliphatic hydroxyl groups excluding tert-OH is 1. The van der Waals surface area contributed by atoms with Crippen molar-refractivity contribution in [2.75, 3.05) is 0 Å². The molecule has 0 aliphatic heterocycles. The van der Waals surface area contributed by atoms with Gasteiger partial charge in [-0.2, -0.15) is 0 Å². The smallest absolute Gasteiger partial charge is 0.348 e. The monoisotopic (exact) mass is 313 g/mol. The van der Waals surface area contributed by atoms with E-state index < -0.39 is 36.2 Å². The Balaban J connectivity index is 2.70. The number of phenols is 1. The van der Waals surface area contributed by atoms with E-state index >= 15 is 0 Å². The lowest BCUT2D eigenvalue weighted by atomic mass is 10.1. The van der Waals surface area contributed by atoms with E-state index in [2.05, 4.69) is 4.74 Å². The summed E-state index contributed by atoms with van der Waals surface area (Å²) in [7, 11) is 0. The number of carbonyl (C=O) groups is 3. The van der Waals surface area contributed by atoms with Crippen LogP contribution in [0.4, 0.5) is 0 Å². The van der Waals surface area contributed by atoms with E-state index in [9.17, 15) is 19.5 Å². The van der Waals surface area contributed by atoms with E-state index in [0.29, 0.717) is 5.56 Å². The Hall–Kier alpha value is -2.65. The molecule has 9 nitrogen and oxygen atoms in total. The number of carboxylic acids is 2. The number of esters is 1. The van der Waals surface area contributed by atoms with Crippen LogP contribution >= 0.6 is 0 Å². The van der Waals surface area contributed by atoms with Crippen molar-refractivity contribution in [3.63, 3.8) is 0 Å². The molecule has 9 heteroatoms. The lowest BCUT2D eigenvalue weighted by Gasteiger charge is -2.19. The number of aliphatic hydroxyl groups is 1. The lowest BCUT2D eigenvalue weighted by molar-refractivity contribution is -0.179. The number of rotatable bonds is 7. The maximum atomic E-state index is 11.7. The van der Waals surface area contributed by atoms with Crippen molar-refractivity contribution in [3.05, 3.63) is 29.8 Å². The number of nitrogens with two attached hydrogens (primary N) is 1. The van der Waals surface area contributed by atoms with Gasteiger partial charge in [0.2, 0.25) is 6.10 Å². The minimum atomic E-state index is -2.40. The summed E-state index contributed by atoms with van der Waals surface area (Å²) in [5.74, 6) is -4.79. The third kappa shape index (κ3) is 4.72. The molecule has 0 radical (unpaired) electrons. The van der Waals surface area contributed by atoms with Crippen LogP contribution in [0.15, 0.2) is 24.3 Å². The molecule has 22 heavy (non-hydrogen) atoms.